The number of hydrogen-bond donors (Lipinski definition) is 0. The molecule has 1 aliphatic rings. The summed E-state index contributed by atoms with van der Waals surface area (Å²) < 4.78 is 46.2. The number of rotatable bonds is 3. The zero-order valence-corrected chi connectivity index (χ0v) is 17.0. The summed E-state index contributed by atoms with van der Waals surface area (Å²) in [6.45, 7) is 0.819. The third-order valence-electron chi connectivity index (χ3n) is 4.68. The SMILES string of the molecule is O=C(c1cc2cccc(Br)c2o1)N1CCN(S(=O)(=O)c2ccc(F)cc2)CC1. The van der Waals surface area contributed by atoms with Crippen LogP contribution in [0.15, 0.2) is 62.3 Å². The molecule has 1 aromatic heterocycles. The van der Waals surface area contributed by atoms with E-state index in [-0.39, 0.29) is 42.7 Å². The smallest absolute Gasteiger partial charge is 0.289 e. The Balaban J connectivity index is 1.48. The number of furan rings is 1. The van der Waals surface area contributed by atoms with Gasteiger partial charge in [0.15, 0.2) is 5.76 Å². The third kappa shape index (κ3) is 3.45. The summed E-state index contributed by atoms with van der Waals surface area (Å²) in [6, 6.07) is 12.0. The number of hydrogen-bond acceptors (Lipinski definition) is 4. The van der Waals surface area contributed by atoms with Crippen LogP contribution in [0.1, 0.15) is 10.6 Å². The topological polar surface area (TPSA) is 70.8 Å². The van der Waals surface area contributed by atoms with Gasteiger partial charge in [0.05, 0.1) is 9.37 Å². The molecule has 4 rings (SSSR count). The Morgan fingerprint density at radius 3 is 2.36 bits per heavy atom. The standard InChI is InChI=1S/C19H16BrFN2O4S/c20-16-3-1-2-13-12-17(27-18(13)16)19(24)22-8-10-23(11-9-22)28(25,26)15-6-4-14(21)5-7-15/h1-7,12H,8-11H2. The van der Waals surface area contributed by atoms with Gasteiger partial charge in [0.2, 0.25) is 10.0 Å². The number of amides is 1. The van der Waals surface area contributed by atoms with Crippen LogP contribution in [0.4, 0.5) is 4.39 Å². The van der Waals surface area contributed by atoms with Gasteiger partial charge in [-0.05, 0) is 52.3 Å². The molecular weight excluding hydrogens is 451 g/mol. The first-order valence-electron chi connectivity index (χ1n) is 8.59. The van der Waals surface area contributed by atoms with Crippen molar-refractivity contribution in [3.8, 4) is 0 Å². The van der Waals surface area contributed by atoms with Gasteiger partial charge in [0, 0.05) is 31.6 Å². The minimum atomic E-state index is -3.72. The predicted molar refractivity (Wildman–Crippen MR) is 105 cm³/mol. The zero-order chi connectivity index (χ0) is 19.9. The molecule has 0 N–H and O–H groups in total. The van der Waals surface area contributed by atoms with E-state index < -0.39 is 15.8 Å². The third-order valence-corrected chi connectivity index (χ3v) is 7.22. The van der Waals surface area contributed by atoms with Gasteiger partial charge < -0.3 is 9.32 Å². The second-order valence-electron chi connectivity index (χ2n) is 6.42. The molecule has 0 radical (unpaired) electrons. The molecule has 0 spiro atoms. The van der Waals surface area contributed by atoms with Crippen molar-refractivity contribution < 1.29 is 22.0 Å². The highest BCUT2D eigenvalue weighted by molar-refractivity contribution is 9.10. The highest BCUT2D eigenvalue weighted by Gasteiger charge is 2.31. The molecule has 2 heterocycles. The average molecular weight is 467 g/mol. The highest BCUT2D eigenvalue weighted by Crippen LogP contribution is 2.28. The van der Waals surface area contributed by atoms with Gasteiger partial charge in [-0.3, -0.25) is 4.79 Å². The first-order valence-corrected chi connectivity index (χ1v) is 10.8. The monoisotopic (exact) mass is 466 g/mol. The van der Waals surface area contributed by atoms with Crippen LogP contribution < -0.4 is 0 Å². The van der Waals surface area contributed by atoms with Crippen LogP contribution in [-0.4, -0.2) is 49.7 Å². The quantitative estimate of drug-likeness (QED) is 0.592. The first-order chi connectivity index (χ1) is 13.4. The lowest BCUT2D eigenvalue weighted by Crippen LogP contribution is -2.50. The molecule has 1 fully saturated rings. The number of para-hydroxylation sites is 1. The van der Waals surface area contributed by atoms with Crippen molar-refractivity contribution >= 4 is 42.8 Å². The summed E-state index contributed by atoms with van der Waals surface area (Å²) in [5, 5.41) is 0.815. The highest BCUT2D eigenvalue weighted by atomic mass is 79.9. The van der Waals surface area contributed by atoms with Crippen LogP contribution >= 0.6 is 15.9 Å². The number of carbonyl (C=O) groups is 1. The van der Waals surface area contributed by atoms with Crippen molar-refractivity contribution in [1.29, 1.82) is 0 Å². The number of carbonyl (C=O) groups excluding carboxylic acids is 1. The molecule has 0 unspecified atom stereocenters. The molecule has 1 amide bonds. The van der Waals surface area contributed by atoms with E-state index in [0.717, 1.165) is 22.0 Å². The molecule has 9 heteroatoms. The van der Waals surface area contributed by atoms with E-state index in [0.29, 0.717) is 5.58 Å². The minimum Gasteiger partial charge on any atom is -0.450 e. The number of nitrogens with zero attached hydrogens (tertiary/aromatic N) is 2. The van der Waals surface area contributed by atoms with E-state index in [9.17, 15) is 17.6 Å². The van der Waals surface area contributed by atoms with E-state index in [1.807, 2.05) is 18.2 Å². The van der Waals surface area contributed by atoms with Gasteiger partial charge in [-0.2, -0.15) is 4.31 Å². The molecule has 28 heavy (non-hydrogen) atoms. The van der Waals surface area contributed by atoms with Crippen molar-refractivity contribution in [2.24, 2.45) is 0 Å². The van der Waals surface area contributed by atoms with Crippen LogP contribution in [0.3, 0.4) is 0 Å². The zero-order valence-electron chi connectivity index (χ0n) is 14.6. The molecule has 0 atom stereocenters. The van der Waals surface area contributed by atoms with Gasteiger partial charge >= 0.3 is 0 Å². The van der Waals surface area contributed by atoms with Crippen LogP contribution in [0, 0.1) is 5.82 Å². The molecule has 1 aliphatic heterocycles. The Kier molecular flexibility index (Phi) is 4.98. The number of piperazine rings is 1. The van der Waals surface area contributed by atoms with E-state index in [4.69, 9.17) is 4.42 Å². The molecule has 0 bridgehead atoms. The van der Waals surface area contributed by atoms with Crippen LogP contribution in [0.2, 0.25) is 0 Å². The van der Waals surface area contributed by atoms with Gasteiger partial charge in [0.1, 0.15) is 11.4 Å². The van der Waals surface area contributed by atoms with Gasteiger partial charge in [-0.15, -0.1) is 0 Å². The fraction of sp³-hybridized carbons (Fsp3) is 0.211. The summed E-state index contributed by atoms with van der Waals surface area (Å²) >= 11 is 3.40. The maximum absolute atomic E-state index is 13.1. The van der Waals surface area contributed by atoms with Crippen LogP contribution in [0.5, 0.6) is 0 Å². The second kappa shape index (κ2) is 7.31. The van der Waals surface area contributed by atoms with Crippen LogP contribution in [-0.2, 0) is 10.0 Å². The normalized spacial score (nSPS) is 15.9. The summed E-state index contributed by atoms with van der Waals surface area (Å²) in [6.07, 6.45) is 0. The molecule has 0 saturated carbocycles. The number of sulfonamides is 1. The van der Waals surface area contributed by atoms with Crippen molar-refractivity contribution in [3.05, 3.63) is 64.6 Å². The lowest BCUT2D eigenvalue weighted by Gasteiger charge is -2.33. The van der Waals surface area contributed by atoms with Crippen molar-refractivity contribution in [2.45, 2.75) is 4.90 Å². The maximum Gasteiger partial charge on any atom is 0.289 e. The minimum absolute atomic E-state index is 0.0378. The largest absolute Gasteiger partial charge is 0.450 e. The Morgan fingerprint density at radius 2 is 1.71 bits per heavy atom. The fourth-order valence-electron chi connectivity index (χ4n) is 3.18. The van der Waals surface area contributed by atoms with E-state index >= 15 is 0 Å². The van der Waals surface area contributed by atoms with Crippen molar-refractivity contribution in [2.75, 3.05) is 26.2 Å². The number of benzene rings is 2. The van der Waals surface area contributed by atoms with E-state index in [2.05, 4.69) is 15.9 Å². The van der Waals surface area contributed by atoms with Gasteiger partial charge in [0.25, 0.3) is 5.91 Å². The molecule has 6 nitrogen and oxygen atoms in total. The lowest BCUT2D eigenvalue weighted by atomic mass is 10.2. The summed E-state index contributed by atoms with van der Waals surface area (Å²) in [7, 11) is -3.72. The van der Waals surface area contributed by atoms with Gasteiger partial charge in [-0.25, -0.2) is 12.8 Å². The predicted octanol–water partition coefficient (Wildman–Crippen LogP) is 3.48. The summed E-state index contributed by atoms with van der Waals surface area (Å²) in [5.41, 5.74) is 0.600. The number of fused-ring (bicyclic) bond motifs is 1. The van der Waals surface area contributed by atoms with Gasteiger partial charge in [-0.1, -0.05) is 12.1 Å². The Labute approximate surface area is 169 Å². The average Bonchev–Trinajstić information content (AvgIpc) is 3.14. The number of halogens is 2. The van der Waals surface area contributed by atoms with E-state index in [1.54, 1.807) is 11.0 Å². The fourth-order valence-corrected chi connectivity index (χ4v) is 5.06. The van der Waals surface area contributed by atoms with Crippen LogP contribution in [0.25, 0.3) is 11.0 Å². The molecule has 3 aromatic rings. The molecule has 0 aliphatic carbocycles. The summed E-state index contributed by atoms with van der Waals surface area (Å²) in [4.78, 5) is 14.4. The molecule has 2 aromatic carbocycles. The first kappa shape index (κ1) is 19.1. The Bertz CT molecular complexity index is 1140. The second-order valence-corrected chi connectivity index (χ2v) is 9.21. The lowest BCUT2D eigenvalue weighted by molar-refractivity contribution is 0.0668. The molecular formula is C19H16BrFN2O4S. The van der Waals surface area contributed by atoms with Crippen molar-refractivity contribution in [1.82, 2.24) is 9.21 Å². The maximum atomic E-state index is 13.1. The Hall–Kier alpha value is -2.23. The van der Waals surface area contributed by atoms with Crippen molar-refractivity contribution in [3.63, 3.8) is 0 Å². The summed E-state index contributed by atoms with van der Waals surface area (Å²) in [5.74, 6) is -0.550. The Morgan fingerprint density at radius 1 is 1.04 bits per heavy atom. The molecule has 146 valence electrons. The van der Waals surface area contributed by atoms with E-state index in [1.165, 1.54) is 16.4 Å². The molecule has 1 saturated heterocycles.